The summed E-state index contributed by atoms with van der Waals surface area (Å²) in [5.74, 6) is 0.443. The summed E-state index contributed by atoms with van der Waals surface area (Å²) in [6.45, 7) is 2.95. The standard InChI is InChI=1S/C17H19BrN2/c18-16-9-5-4-8-14(16)10-20-11-15(17(19)12-20)13-6-2-1-3-7-13/h1-9,15,17H,10-12,19H2/t15-,17+/m0/s1. The van der Waals surface area contributed by atoms with Gasteiger partial charge in [-0.05, 0) is 17.2 Å². The molecule has 1 aliphatic rings. The summed E-state index contributed by atoms with van der Waals surface area (Å²) in [4.78, 5) is 2.45. The van der Waals surface area contributed by atoms with Gasteiger partial charge in [-0.25, -0.2) is 0 Å². The van der Waals surface area contributed by atoms with Crippen LogP contribution in [0.25, 0.3) is 0 Å². The first kappa shape index (κ1) is 13.8. The molecule has 2 atom stereocenters. The summed E-state index contributed by atoms with van der Waals surface area (Å²) in [5.41, 5.74) is 9.02. The molecule has 0 unspecified atom stereocenters. The molecule has 20 heavy (non-hydrogen) atoms. The molecular weight excluding hydrogens is 312 g/mol. The number of hydrogen-bond acceptors (Lipinski definition) is 2. The molecule has 104 valence electrons. The van der Waals surface area contributed by atoms with E-state index in [2.05, 4.69) is 75.4 Å². The molecule has 1 saturated heterocycles. The first-order valence-electron chi connectivity index (χ1n) is 7.00. The van der Waals surface area contributed by atoms with Crippen LogP contribution >= 0.6 is 15.9 Å². The lowest BCUT2D eigenvalue weighted by atomic mass is 9.95. The maximum Gasteiger partial charge on any atom is 0.0250 e. The third kappa shape index (κ3) is 2.95. The predicted molar refractivity (Wildman–Crippen MR) is 86.6 cm³/mol. The number of benzene rings is 2. The van der Waals surface area contributed by atoms with E-state index < -0.39 is 0 Å². The summed E-state index contributed by atoms with van der Waals surface area (Å²) >= 11 is 3.62. The Morgan fingerprint density at radius 2 is 1.70 bits per heavy atom. The summed E-state index contributed by atoms with van der Waals surface area (Å²) in [6.07, 6.45) is 0. The Morgan fingerprint density at radius 1 is 1.00 bits per heavy atom. The molecule has 3 rings (SSSR count). The van der Waals surface area contributed by atoms with Crippen molar-refractivity contribution in [2.45, 2.75) is 18.5 Å². The van der Waals surface area contributed by atoms with E-state index in [-0.39, 0.29) is 6.04 Å². The maximum absolute atomic E-state index is 6.34. The zero-order valence-corrected chi connectivity index (χ0v) is 13.0. The van der Waals surface area contributed by atoms with Crippen LogP contribution in [0.3, 0.4) is 0 Å². The van der Waals surface area contributed by atoms with Crippen molar-refractivity contribution in [3.63, 3.8) is 0 Å². The van der Waals surface area contributed by atoms with E-state index in [1.165, 1.54) is 15.6 Å². The first-order valence-corrected chi connectivity index (χ1v) is 7.79. The summed E-state index contributed by atoms with van der Waals surface area (Å²) in [6, 6.07) is 19.3. The van der Waals surface area contributed by atoms with E-state index in [4.69, 9.17) is 5.73 Å². The van der Waals surface area contributed by atoms with Crippen LogP contribution < -0.4 is 5.73 Å². The lowest BCUT2D eigenvalue weighted by Crippen LogP contribution is -2.28. The highest BCUT2D eigenvalue weighted by molar-refractivity contribution is 9.10. The van der Waals surface area contributed by atoms with Crippen LogP contribution in [0.4, 0.5) is 0 Å². The highest BCUT2D eigenvalue weighted by atomic mass is 79.9. The van der Waals surface area contributed by atoms with Crippen molar-refractivity contribution < 1.29 is 0 Å². The van der Waals surface area contributed by atoms with Gasteiger partial charge in [0.05, 0.1) is 0 Å². The Hall–Kier alpha value is -1.16. The van der Waals surface area contributed by atoms with Gasteiger partial charge in [0.15, 0.2) is 0 Å². The second-order valence-electron chi connectivity index (χ2n) is 5.47. The maximum atomic E-state index is 6.34. The number of likely N-dealkylation sites (tertiary alicyclic amines) is 1. The number of nitrogens with zero attached hydrogens (tertiary/aromatic N) is 1. The van der Waals surface area contributed by atoms with E-state index in [1.54, 1.807) is 0 Å². The molecule has 0 saturated carbocycles. The van der Waals surface area contributed by atoms with E-state index in [0.717, 1.165) is 19.6 Å². The van der Waals surface area contributed by atoms with E-state index in [9.17, 15) is 0 Å². The third-order valence-electron chi connectivity index (χ3n) is 4.02. The van der Waals surface area contributed by atoms with E-state index in [1.807, 2.05) is 0 Å². The molecule has 2 N–H and O–H groups in total. The van der Waals surface area contributed by atoms with Crippen LogP contribution in [0.2, 0.25) is 0 Å². The van der Waals surface area contributed by atoms with Gasteiger partial charge in [-0.2, -0.15) is 0 Å². The molecule has 2 aromatic rings. The summed E-state index contributed by atoms with van der Waals surface area (Å²) < 4.78 is 1.18. The average Bonchev–Trinajstić information content (AvgIpc) is 2.83. The molecule has 0 aliphatic carbocycles. The van der Waals surface area contributed by atoms with Gasteiger partial charge in [0.1, 0.15) is 0 Å². The average molecular weight is 331 g/mol. The molecule has 2 aromatic carbocycles. The molecule has 1 aliphatic heterocycles. The van der Waals surface area contributed by atoms with Crippen molar-refractivity contribution in [1.29, 1.82) is 0 Å². The minimum atomic E-state index is 0.222. The van der Waals surface area contributed by atoms with Gasteiger partial charge in [0, 0.05) is 36.1 Å². The Bertz CT molecular complexity index is 570. The molecular formula is C17H19BrN2. The fourth-order valence-corrected chi connectivity index (χ4v) is 3.37. The van der Waals surface area contributed by atoms with E-state index >= 15 is 0 Å². The van der Waals surface area contributed by atoms with Gasteiger partial charge in [-0.15, -0.1) is 0 Å². The number of nitrogens with two attached hydrogens (primary N) is 1. The Labute approximate surface area is 128 Å². The minimum Gasteiger partial charge on any atom is -0.326 e. The Balaban J connectivity index is 1.71. The Kier molecular flexibility index (Phi) is 4.20. The normalized spacial score (nSPS) is 23.1. The second-order valence-corrected chi connectivity index (χ2v) is 6.32. The largest absolute Gasteiger partial charge is 0.326 e. The van der Waals surface area contributed by atoms with Crippen molar-refractivity contribution in [3.8, 4) is 0 Å². The quantitative estimate of drug-likeness (QED) is 0.934. The summed E-state index contributed by atoms with van der Waals surface area (Å²) in [5, 5.41) is 0. The lowest BCUT2D eigenvalue weighted by Gasteiger charge is -2.17. The van der Waals surface area contributed by atoms with Crippen LogP contribution in [0.15, 0.2) is 59.1 Å². The molecule has 0 aromatic heterocycles. The topological polar surface area (TPSA) is 29.3 Å². The van der Waals surface area contributed by atoms with Crippen LogP contribution in [-0.2, 0) is 6.54 Å². The third-order valence-corrected chi connectivity index (χ3v) is 4.79. The molecule has 1 heterocycles. The Morgan fingerprint density at radius 3 is 2.45 bits per heavy atom. The van der Waals surface area contributed by atoms with Crippen LogP contribution in [0.5, 0.6) is 0 Å². The SMILES string of the molecule is N[C@@H]1CN(Cc2ccccc2Br)C[C@H]1c1ccccc1. The fraction of sp³-hybridized carbons (Fsp3) is 0.294. The van der Waals surface area contributed by atoms with Crippen LogP contribution in [-0.4, -0.2) is 24.0 Å². The number of rotatable bonds is 3. The van der Waals surface area contributed by atoms with Crippen LogP contribution in [0, 0.1) is 0 Å². The van der Waals surface area contributed by atoms with Crippen molar-refractivity contribution in [2.75, 3.05) is 13.1 Å². The van der Waals surface area contributed by atoms with Gasteiger partial charge in [-0.1, -0.05) is 64.5 Å². The fourth-order valence-electron chi connectivity index (χ4n) is 2.96. The molecule has 0 spiro atoms. The molecule has 0 bridgehead atoms. The molecule has 0 amide bonds. The van der Waals surface area contributed by atoms with Gasteiger partial charge < -0.3 is 5.73 Å². The molecule has 1 fully saturated rings. The molecule has 2 nitrogen and oxygen atoms in total. The van der Waals surface area contributed by atoms with Gasteiger partial charge in [0.25, 0.3) is 0 Å². The monoisotopic (exact) mass is 330 g/mol. The summed E-state index contributed by atoms with van der Waals surface area (Å²) in [7, 11) is 0. The first-order chi connectivity index (χ1) is 9.74. The lowest BCUT2D eigenvalue weighted by molar-refractivity contribution is 0.323. The second kappa shape index (κ2) is 6.08. The smallest absolute Gasteiger partial charge is 0.0250 e. The number of hydrogen-bond donors (Lipinski definition) is 1. The molecule has 3 heteroatoms. The highest BCUT2D eigenvalue weighted by Crippen LogP contribution is 2.28. The van der Waals surface area contributed by atoms with Crippen molar-refractivity contribution in [1.82, 2.24) is 4.90 Å². The predicted octanol–water partition coefficient (Wildman–Crippen LogP) is 3.38. The van der Waals surface area contributed by atoms with Gasteiger partial charge in [0.2, 0.25) is 0 Å². The zero-order chi connectivity index (χ0) is 13.9. The van der Waals surface area contributed by atoms with Gasteiger partial charge >= 0.3 is 0 Å². The molecule has 0 radical (unpaired) electrons. The number of halogens is 1. The van der Waals surface area contributed by atoms with E-state index in [0.29, 0.717) is 5.92 Å². The van der Waals surface area contributed by atoms with Crippen molar-refractivity contribution >= 4 is 15.9 Å². The van der Waals surface area contributed by atoms with Crippen molar-refractivity contribution in [2.24, 2.45) is 5.73 Å². The highest BCUT2D eigenvalue weighted by Gasteiger charge is 2.31. The van der Waals surface area contributed by atoms with Crippen molar-refractivity contribution in [3.05, 3.63) is 70.2 Å². The van der Waals surface area contributed by atoms with Gasteiger partial charge in [-0.3, -0.25) is 4.90 Å². The minimum absolute atomic E-state index is 0.222. The van der Waals surface area contributed by atoms with Crippen LogP contribution in [0.1, 0.15) is 17.0 Å². The zero-order valence-electron chi connectivity index (χ0n) is 11.4.